The zero-order valence-electron chi connectivity index (χ0n) is 32.2. The number of aryl methyl sites for hydroxylation is 2. The van der Waals surface area contributed by atoms with Gasteiger partial charge in [-0.05, 0) is 113 Å². The molecule has 1 amide bonds. The number of benzene rings is 2. The van der Waals surface area contributed by atoms with Crippen LogP contribution in [-0.2, 0) is 32.5 Å². The number of halogens is 2. The Hall–Kier alpha value is -7.35. The summed E-state index contributed by atoms with van der Waals surface area (Å²) in [6, 6.07) is 19.5. The number of pyridine rings is 5. The second-order valence-electron chi connectivity index (χ2n) is 13.6. The fourth-order valence-corrected chi connectivity index (χ4v) is 7.00. The molecule has 16 nitrogen and oxygen atoms in total. The van der Waals surface area contributed by atoms with Crippen molar-refractivity contribution in [1.29, 1.82) is 0 Å². The molecule has 0 saturated carbocycles. The molecule has 0 fully saturated rings. The molecule has 7 aromatic rings. The van der Waals surface area contributed by atoms with E-state index in [9.17, 15) is 9.59 Å². The van der Waals surface area contributed by atoms with Gasteiger partial charge in [-0.3, -0.25) is 24.7 Å². The van der Waals surface area contributed by atoms with Crippen LogP contribution in [0.4, 0.5) is 5.82 Å². The molecular formula is C43H39Cl2N13O3. The lowest BCUT2D eigenvalue weighted by atomic mass is 10.0. The highest BCUT2D eigenvalue weighted by Gasteiger charge is 2.13. The number of rotatable bonds is 12. The lowest BCUT2D eigenvalue weighted by molar-refractivity contribution is 0.0696. The molecule has 18 heteroatoms. The van der Waals surface area contributed by atoms with Gasteiger partial charge < -0.3 is 16.2 Å². The minimum atomic E-state index is -0.998. The molecule has 0 saturated heterocycles. The standard InChI is InChI=1S/C25H23ClN8O.C17H12ClN5O2.CH4/c1-14-5-23(27)33-15(2)22(14)13-31-25(35)17-3-4-29-21(10-17)8-16-6-18-9-20(26)12-30-24(18)19(7-16)11-32-34-28;18-14-6-12-3-10(4-13(8-22-23-19)16(12)21-9-14)5-15-7-11(17(24)25)1-2-20-15;/h3-7,9-10,12H,8,11,13H2,1-2H3,(H2,27,33)(H,31,35);1-4,6-7,9H,5,8H2,(H,24,25);1H4. The summed E-state index contributed by atoms with van der Waals surface area (Å²) in [7, 11) is 0. The van der Waals surface area contributed by atoms with Gasteiger partial charge >= 0.3 is 5.97 Å². The molecule has 0 aliphatic rings. The van der Waals surface area contributed by atoms with E-state index in [0.717, 1.165) is 61.1 Å². The van der Waals surface area contributed by atoms with Gasteiger partial charge in [0, 0.05) is 87.4 Å². The SMILES string of the molecule is C.Cc1cc(N)nc(C)c1CNC(=O)c1ccnc(Cc2cc(CN=[N+]=[N-])c3ncc(Cl)cc3c2)c1.[N-]=[N+]=NCc1cc(Cc2cc(C(=O)O)ccn2)cc2cc(Cl)cnc12. The summed E-state index contributed by atoms with van der Waals surface area (Å²) in [5, 5.41) is 22.0. The third-order valence-electron chi connectivity index (χ3n) is 9.30. The molecule has 0 bridgehead atoms. The molecule has 5 heterocycles. The number of carbonyl (C=O) groups is 2. The van der Waals surface area contributed by atoms with E-state index >= 15 is 0 Å². The van der Waals surface area contributed by atoms with Crippen LogP contribution in [-0.4, -0.2) is 41.9 Å². The average Bonchev–Trinajstić information content (AvgIpc) is 3.21. The molecule has 0 spiro atoms. The van der Waals surface area contributed by atoms with Crippen molar-refractivity contribution in [3.8, 4) is 0 Å². The molecule has 0 unspecified atom stereocenters. The Balaban J connectivity index is 0.000000240. The summed E-state index contributed by atoms with van der Waals surface area (Å²) in [6.07, 6.45) is 7.11. The van der Waals surface area contributed by atoms with Crippen molar-refractivity contribution < 1.29 is 14.7 Å². The monoisotopic (exact) mass is 855 g/mol. The fraction of sp³-hybridized carbons (Fsp3) is 0.186. The van der Waals surface area contributed by atoms with E-state index in [1.54, 1.807) is 42.9 Å². The Morgan fingerprint density at radius 3 is 1.75 bits per heavy atom. The number of hydrogen-bond donors (Lipinski definition) is 3. The first-order valence-corrected chi connectivity index (χ1v) is 19.0. The second-order valence-corrected chi connectivity index (χ2v) is 14.5. The van der Waals surface area contributed by atoms with E-state index in [-0.39, 0.29) is 32.0 Å². The summed E-state index contributed by atoms with van der Waals surface area (Å²) in [6.45, 7) is 4.50. The highest BCUT2D eigenvalue weighted by molar-refractivity contribution is 6.31. The lowest BCUT2D eigenvalue weighted by Gasteiger charge is -2.12. The Kier molecular flexibility index (Phi) is 15.1. The van der Waals surface area contributed by atoms with Gasteiger partial charge in [0.25, 0.3) is 5.91 Å². The number of aromatic nitrogens is 5. The predicted octanol–water partition coefficient (Wildman–Crippen LogP) is 10.2. The van der Waals surface area contributed by atoms with Crippen LogP contribution < -0.4 is 11.1 Å². The van der Waals surface area contributed by atoms with Gasteiger partial charge in [-0.15, -0.1) is 0 Å². The highest BCUT2D eigenvalue weighted by atomic mass is 35.5. The summed E-state index contributed by atoms with van der Waals surface area (Å²) in [5.74, 6) is -0.742. The Bertz CT molecular complexity index is 2860. The van der Waals surface area contributed by atoms with Crippen LogP contribution in [0, 0.1) is 13.8 Å². The summed E-state index contributed by atoms with van der Waals surface area (Å²) < 4.78 is 0. The summed E-state index contributed by atoms with van der Waals surface area (Å²) in [4.78, 5) is 51.2. The van der Waals surface area contributed by atoms with Crippen LogP contribution in [0.3, 0.4) is 0 Å². The number of hydrogen-bond acceptors (Lipinski definition) is 10. The number of aromatic carboxylic acids is 1. The van der Waals surface area contributed by atoms with Gasteiger partial charge in [0.2, 0.25) is 0 Å². The molecule has 0 aliphatic carbocycles. The van der Waals surface area contributed by atoms with E-state index in [1.807, 2.05) is 44.2 Å². The van der Waals surface area contributed by atoms with Gasteiger partial charge in [0.1, 0.15) is 5.82 Å². The second kappa shape index (κ2) is 20.6. The number of nitrogens with two attached hydrogens (primary N) is 1. The summed E-state index contributed by atoms with van der Waals surface area (Å²) in [5.41, 5.74) is 32.7. The quantitative estimate of drug-likeness (QED) is 0.0599. The minimum absolute atomic E-state index is 0. The molecule has 5 aromatic heterocycles. The van der Waals surface area contributed by atoms with Gasteiger partial charge in [-0.2, -0.15) is 0 Å². The van der Waals surface area contributed by atoms with Crippen molar-refractivity contribution in [2.45, 2.75) is 53.8 Å². The number of amides is 1. The van der Waals surface area contributed by atoms with Crippen molar-refractivity contribution in [3.63, 3.8) is 0 Å². The van der Waals surface area contributed by atoms with Crippen LogP contribution in [0.15, 0.2) is 102 Å². The number of nitrogens with one attached hydrogen (secondary N) is 1. The van der Waals surface area contributed by atoms with Crippen molar-refractivity contribution in [1.82, 2.24) is 30.2 Å². The third-order valence-corrected chi connectivity index (χ3v) is 9.71. The van der Waals surface area contributed by atoms with Crippen LogP contribution >= 0.6 is 23.2 Å². The Labute approximate surface area is 360 Å². The number of nitrogens with zero attached hydrogens (tertiary/aromatic N) is 11. The molecular weight excluding hydrogens is 817 g/mol. The minimum Gasteiger partial charge on any atom is -0.478 e. The average molecular weight is 857 g/mol. The van der Waals surface area contributed by atoms with E-state index in [0.29, 0.717) is 52.0 Å². The number of carbonyl (C=O) groups excluding carboxylic acids is 1. The first-order valence-electron chi connectivity index (χ1n) is 18.2. The van der Waals surface area contributed by atoms with Crippen molar-refractivity contribution in [3.05, 3.63) is 184 Å². The number of nitrogen functional groups attached to an aromatic ring is 1. The zero-order valence-corrected chi connectivity index (χ0v) is 33.7. The van der Waals surface area contributed by atoms with Gasteiger partial charge in [-0.25, -0.2) is 9.78 Å². The topological polar surface area (TPSA) is 254 Å². The normalized spacial score (nSPS) is 10.4. The smallest absolute Gasteiger partial charge is 0.335 e. The first kappa shape index (κ1) is 44.7. The number of carboxylic acids is 1. The van der Waals surface area contributed by atoms with E-state index in [4.69, 9.17) is 45.1 Å². The molecule has 0 radical (unpaired) electrons. The van der Waals surface area contributed by atoms with Crippen molar-refractivity contribution in [2.24, 2.45) is 10.2 Å². The first-order chi connectivity index (χ1) is 28.9. The molecule has 2 aromatic carbocycles. The van der Waals surface area contributed by atoms with Gasteiger partial charge in [0.05, 0.1) is 39.7 Å². The molecule has 4 N–H and O–H groups in total. The molecule has 61 heavy (non-hydrogen) atoms. The van der Waals surface area contributed by atoms with E-state index < -0.39 is 5.97 Å². The summed E-state index contributed by atoms with van der Waals surface area (Å²) >= 11 is 12.2. The third kappa shape index (κ3) is 11.7. The van der Waals surface area contributed by atoms with Crippen molar-refractivity contribution in [2.75, 3.05) is 5.73 Å². The maximum atomic E-state index is 12.8. The lowest BCUT2D eigenvalue weighted by Crippen LogP contribution is -2.24. The zero-order chi connectivity index (χ0) is 42.8. The predicted molar refractivity (Wildman–Crippen MR) is 236 cm³/mol. The largest absolute Gasteiger partial charge is 0.478 e. The Morgan fingerprint density at radius 1 is 0.754 bits per heavy atom. The van der Waals surface area contributed by atoms with Crippen LogP contribution in [0.1, 0.15) is 78.6 Å². The van der Waals surface area contributed by atoms with E-state index in [2.05, 4.69) is 50.3 Å². The number of carboxylic acid groups (broad SMARTS) is 1. The maximum Gasteiger partial charge on any atom is 0.335 e. The Morgan fingerprint density at radius 2 is 1.26 bits per heavy atom. The van der Waals surface area contributed by atoms with Crippen molar-refractivity contribution >= 4 is 62.7 Å². The highest BCUT2D eigenvalue weighted by Crippen LogP contribution is 2.26. The molecule has 0 atom stereocenters. The van der Waals surface area contributed by atoms with E-state index in [1.165, 1.54) is 18.3 Å². The number of fused-ring (bicyclic) bond motifs is 2. The number of azide groups is 2. The van der Waals surface area contributed by atoms with Crippen LogP contribution in [0.25, 0.3) is 42.7 Å². The van der Waals surface area contributed by atoms with Gasteiger partial charge in [-0.1, -0.05) is 53.0 Å². The van der Waals surface area contributed by atoms with Crippen LogP contribution in [0.5, 0.6) is 0 Å². The maximum absolute atomic E-state index is 12.8. The van der Waals surface area contributed by atoms with Gasteiger partial charge in [0.15, 0.2) is 0 Å². The number of anilines is 1. The fourth-order valence-electron chi connectivity index (χ4n) is 6.66. The molecule has 0 aliphatic heterocycles. The molecule has 7 rings (SSSR count). The molecule has 308 valence electrons. The van der Waals surface area contributed by atoms with Crippen LogP contribution in [0.2, 0.25) is 10.0 Å².